The molecular formula is C18H24ClN3O2. The number of halogens is 1. The van der Waals surface area contributed by atoms with Crippen molar-refractivity contribution in [2.24, 2.45) is 5.92 Å². The molecule has 0 aromatic heterocycles. The Morgan fingerprint density at radius 2 is 1.88 bits per heavy atom. The van der Waals surface area contributed by atoms with E-state index in [-0.39, 0.29) is 11.8 Å². The van der Waals surface area contributed by atoms with Gasteiger partial charge in [-0.05, 0) is 69.6 Å². The van der Waals surface area contributed by atoms with Crippen LogP contribution in [0.4, 0.5) is 5.69 Å². The Kier molecular flexibility index (Phi) is 5.41. The van der Waals surface area contributed by atoms with Crippen LogP contribution >= 0.6 is 11.6 Å². The summed E-state index contributed by atoms with van der Waals surface area (Å²) in [6.07, 6.45) is 3.21. The van der Waals surface area contributed by atoms with Crippen LogP contribution in [-0.4, -0.2) is 49.4 Å². The number of likely N-dealkylation sites (tertiary alicyclic amines) is 1. The van der Waals surface area contributed by atoms with E-state index in [1.165, 1.54) is 0 Å². The summed E-state index contributed by atoms with van der Waals surface area (Å²) in [6.45, 7) is 2.87. The number of anilines is 1. The number of carbonyl (C=O) groups is 2. The lowest BCUT2D eigenvalue weighted by Crippen LogP contribution is -2.46. The van der Waals surface area contributed by atoms with Crippen LogP contribution in [0.5, 0.6) is 0 Å². The minimum atomic E-state index is -0.412. The van der Waals surface area contributed by atoms with E-state index in [0.29, 0.717) is 30.3 Å². The zero-order chi connectivity index (χ0) is 17.1. The predicted molar refractivity (Wildman–Crippen MR) is 95.2 cm³/mol. The van der Waals surface area contributed by atoms with Gasteiger partial charge in [0, 0.05) is 23.7 Å². The summed E-state index contributed by atoms with van der Waals surface area (Å²) in [5.74, 6) is 0.484. The van der Waals surface area contributed by atoms with E-state index in [9.17, 15) is 9.59 Å². The monoisotopic (exact) mass is 349 g/mol. The summed E-state index contributed by atoms with van der Waals surface area (Å²) in [7, 11) is 2.13. The molecule has 6 heteroatoms. The average Bonchev–Trinajstić information content (AvgIpc) is 2.96. The van der Waals surface area contributed by atoms with Crippen LogP contribution in [0.1, 0.15) is 25.7 Å². The van der Waals surface area contributed by atoms with E-state index in [1.807, 2.05) is 0 Å². The molecule has 1 atom stereocenters. The fourth-order valence-corrected chi connectivity index (χ4v) is 3.61. The molecule has 1 N–H and O–H groups in total. The van der Waals surface area contributed by atoms with Crippen molar-refractivity contribution in [3.8, 4) is 0 Å². The smallest absolute Gasteiger partial charge is 0.243 e. The number of carbonyl (C=O) groups excluding carboxylic acids is 2. The first kappa shape index (κ1) is 17.2. The van der Waals surface area contributed by atoms with Gasteiger partial charge in [0.1, 0.15) is 6.04 Å². The summed E-state index contributed by atoms with van der Waals surface area (Å²) >= 11 is 5.91. The lowest BCUT2D eigenvalue weighted by Gasteiger charge is -2.30. The highest BCUT2D eigenvalue weighted by Gasteiger charge is 2.37. The van der Waals surface area contributed by atoms with Crippen molar-refractivity contribution in [3.63, 3.8) is 0 Å². The third kappa shape index (κ3) is 3.90. The number of nitrogens with zero attached hydrogens (tertiary/aromatic N) is 2. The molecule has 0 aliphatic carbocycles. The first-order valence-electron chi connectivity index (χ1n) is 8.58. The highest BCUT2D eigenvalue weighted by molar-refractivity contribution is 6.30. The summed E-state index contributed by atoms with van der Waals surface area (Å²) in [5.41, 5.74) is 0.737. The Hall–Kier alpha value is -1.59. The molecule has 0 saturated carbocycles. The molecule has 1 aromatic rings. The standard InChI is InChI=1S/C18H24ClN3O2/c1-21-10-8-13(9-11-21)12-20-18(24)16-6-7-17(23)22(16)15-4-2-14(19)3-5-15/h2-5,13,16H,6-12H2,1H3,(H,20,24)/t16-/m0/s1. The van der Waals surface area contributed by atoms with Crippen LogP contribution in [0, 0.1) is 5.92 Å². The molecule has 24 heavy (non-hydrogen) atoms. The summed E-state index contributed by atoms with van der Waals surface area (Å²) in [4.78, 5) is 28.8. The molecule has 0 radical (unpaired) electrons. The van der Waals surface area contributed by atoms with Gasteiger partial charge in [0.25, 0.3) is 0 Å². The van der Waals surface area contributed by atoms with E-state index < -0.39 is 6.04 Å². The second-order valence-electron chi connectivity index (χ2n) is 6.79. The molecule has 1 aromatic carbocycles. The molecule has 3 rings (SSSR count). The van der Waals surface area contributed by atoms with Crippen molar-refractivity contribution in [1.82, 2.24) is 10.2 Å². The molecule has 0 bridgehead atoms. The normalized spacial score (nSPS) is 22.8. The molecule has 0 spiro atoms. The molecule has 2 fully saturated rings. The van der Waals surface area contributed by atoms with Crippen molar-refractivity contribution < 1.29 is 9.59 Å². The molecule has 2 aliphatic rings. The Morgan fingerprint density at radius 1 is 1.21 bits per heavy atom. The van der Waals surface area contributed by atoms with E-state index in [4.69, 9.17) is 11.6 Å². The summed E-state index contributed by atoms with van der Waals surface area (Å²) < 4.78 is 0. The number of hydrogen-bond acceptors (Lipinski definition) is 3. The SMILES string of the molecule is CN1CCC(CNC(=O)[C@@H]2CCC(=O)N2c2ccc(Cl)cc2)CC1. The van der Waals surface area contributed by atoms with E-state index in [1.54, 1.807) is 29.2 Å². The number of piperidine rings is 1. The van der Waals surface area contributed by atoms with E-state index in [2.05, 4.69) is 17.3 Å². The van der Waals surface area contributed by atoms with Crippen molar-refractivity contribution in [2.45, 2.75) is 31.7 Å². The molecule has 2 saturated heterocycles. The van der Waals surface area contributed by atoms with Gasteiger partial charge in [0.15, 0.2) is 0 Å². The van der Waals surface area contributed by atoms with Gasteiger partial charge in [0.2, 0.25) is 11.8 Å². The number of nitrogens with one attached hydrogen (secondary N) is 1. The zero-order valence-corrected chi connectivity index (χ0v) is 14.8. The third-order valence-electron chi connectivity index (χ3n) is 5.02. The highest BCUT2D eigenvalue weighted by Crippen LogP contribution is 2.28. The van der Waals surface area contributed by atoms with Crippen molar-refractivity contribution >= 4 is 29.1 Å². The fourth-order valence-electron chi connectivity index (χ4n) is 3.49. The van der Waals surface area contributed by atoms with Crippen molar-refractivity contribution in [3.05, 3.63) is 29.3 Å². The van der Waals surface area contributed by atoms with Crippen LogP contribution in [0.2, 0.25) is 5.02 Å². The van der Waals surface area contributed by atoms with E-state index in [0.717, 1.165) is 31.6 Å². The summed E-state index contributed by atoms with van der Waals surface area (Å²) in [5, 5.41) is 3.68. The van der Waals surface area contributed by atoms with Crippen molar-refractivity contribution in [2.75, 3.05) is 31.6 Å². The molecule has 2 amide bonds. The van der Waals surface area contributed by atoms with Crippen LogP contribution in [-0.2, 0) is 9.59 Å². The maximum absolute atomic E-state index is 12.6. The second-order valence-corrected chi connectivity index (χ2v) is 7.22. The quantitative estimate of drug-likeness (QED) is 0.907. The maximum Gasteiger partial charge on any atom is 0.243 e. The van der Waals surface area contributed by atoms with Gasteiger partial charge in [-0.3, -0.25) is 14.5 Å². The van der Waals surface area contributed by atoms with Crippen LogP contribution in [0.15, 0.2) is 24.3 Å². The Morgan fingerprint density at radius 3 is 2.54 bits per heavy atom. The van der Waals surface area contributed by atoms with Gasteiger partial charge in [-0.1, -0.05) is 11.6 Å². The number of rotatable bonds is 4. The lowest BCUT2D eigenvalue weighted by molar-refractivity contribution is -0.124. The minimum absolute atomic E-state index is 0.00300. The number of benzene rings is 1. The zero-order valence-electron chi connectivity index (χ0n) is 14.0. The number of hydrogen-bond donors (Lipinski definition) is 1. The largest absolute Gasteiger partial charge is 0.354 e. The lowest BCUT2D eigenvalue weighted by atomic mass is 9.97. The summed E-state index contributed by atoms with van der Waals surface area (Å²) in [6, 6.07) is 6.67. The third-order valence-corrected chi connectivity index (χ3v) is 5.27. The number of amides is 2. The van der Waals surface area contributed by atoms with Crippen LogP contribution < -0.4 is 10.2 Å². The highest BCUT2D eigenvalue weighted by atomic mass is 35.5. The average molecular weight is 350 g/mol. The fraction of sp³-hybridized carbons (Fsp3) is 0.556. The molecule has 2 heterocycles. The van der Waals surface area contributed by atoms with Crippen LogP contribution in [0.3, 0.4) is 0 Å². The van der Waals surface area contributed by atoms with E-state index >= 15 is 0 Å². The first-order valence-corrected chi connectivity index (χ1v) is 8.96. The topological polar surface area (TPSA) is 52.7 Å². The molecular weight excluding hydrogens is 326 g/mol. The molecule has 2 aliphatic heterocycles. The Labute approximate surface area is 147 Å². The van der Waals surface area contributed by atoms with Gasteiger partial charge >= 0.3 is 0 Å². The first-order chi connectivity index (χ1) is 11.5. The molecule has 0 unspecified atom stereocenters. The van der Waals surface area contributed by atoms with Gasteiger partial charge in [-0.25, -0.2) is 0 Å². The maximum atomic E-state index is 12.6. The minimum Gasteiger partial charge on any atom is -0.354 e. The van der Waals surface area contributed by atoms with Crippen LogP contribution in [0.25, 0.3) is 0 Å². The Bertz CT molecular complexity index is 597. The van der Waals surface area contributed by atoms with Gasteiger partial charge in [0.05, 0.1) is 0 Å². The van der Waals surface area contributed by atoms with Gasteiger partial charge in [-0.15, -0.1) is 0 Å². The van der Waals surface area contributed by atoms with Crippen molar-refractivity contribution in [1.29, 1.82) is 0 Å². The van der Waals surface area contributed by atoms with Gasteiger partial charge in [-0.2, -0.15) is 0 Å². The van der Waals surface area contributed by atoms with Gasteiger partial charge < -0.3 is 10.2 Å². The second kappa shape index (κ2) is 7.53. The molecule has 130 valence electrons. The molecule has 5 nitrogen and oxygen atoms in total. The Balaban J connectivity index is 1.60. The predicted octanol–water partition coefficient (Wildman–Crippen LogP) is 2.29.